The number of methoxy groups -OCH3 is 1. The summed E-state index contributed by atoms with van der Waals surface area (Å²) in [7, 11) is 1.61. The molecule has 0 aliphatic carbocycles. The van der Waals surface area contributed by atoms with Crippen LogP contribution in [-0.2, 0) is 17.8 Å². The van der Waals surface area contributed by atoms with Crippen LogP contribution < -0.4 is 0 Å². The summed E-state index contributed by atoms with van der Waals surface area (Å²) >= 11 is 0. The van der Waals surface area contributed by atoms with Gasteiger partial charge in [-0.3, -0.25) is 4.79 Å². The van der Waals surface area contributed by atoms with Crippen molar-refractivity contribution in [3.8, 4) is 0 Å². The Hall–Kier alpha value is -2.60. The Kier molecular flexibility index (Phi) is 4.75. The molecule has 1 N–H and O–H groups in total. The van der Waals surface area contributed by atoms with Crippen molar-refractivity contribution in [1.29, 1.82) is 0 Å². The molecule has 0 bridgehead atoms. The lowest BCUT2D eigenvalue weighted by Crippen LogP contribution is -2.40. The number of carbonyl (C=O) groups is 1. The summed E-state index contributed by atoms with van der Waals surface area (Å²) in [4.78, 5) is 22.7. The number of carbonyl (C=O) groups excluding carboxylic acids is 1. The third-order valence-electron chi connectivity index (χ3n) is 4.89. The summed E-state index contributed by atoms with van der Waals surface area (Å²) < 4.78 is 10.6. The third kappa shape index (κ3) is 3.51. The van der Waals surface area contributed by atoms with Gasteiger partial charge in [0.05, 0.1) is 11.0 Å². The molecule has 1 aliphatic heterocycles. The number of fused-ring (bicyclic) bond motifs is 1. The van der Waals surface area contributed by atoms with E-state index in [9.17, 15) is 4.79 Å². The minimum atomic E-state index is -0.0401. The number of imidazole rings is 1. The zero-order valence-electron chi connectivity index (χ0n) is 14.9. The predicted molar refractivity (Wildman–Crippen MR) is 97.8 cm³/mol. The highest BCUT2D eigenvalue weighted by Crippen LogP contribution is 2.23. The summed E-state index contributed by atoms with van der Waals surface area (Å²) in [6.45, 7) is 1.88. The molecule has 1 aliphatic rings. The first-order chi connectivity index (χ1) is 12.7. The maximum Gasteiger partial charge on any atom is 0.289 e. The van der Waals surface area contributed by atoms with Crippen molar-refractivity contribution in [2.24, 2.45) is 5.92 Å². The summed E-state index contributed by atoms with van der Waals surface area (Å²) in [5, 5.41) is 0. The Morgan fingerprint density at radius 1 is 1.35 bits per heavy atom. The van der Waals surface area contributed by atoms with E-state index in [4.69, 9.17) is 9.15 Å². The molecule has 3 heterocycles. The van der Waals surface area contributed by atoms with Gasteiger partial charge >= 0.3 is 0 Å². The van der Waals surface area contributed by atoms with E-state index in [1.54, 1.807) is 19.2 Å². The Labute approximate surface area is 152 Å². The van der Waals surface area contributed by atoms with Crippen LogP contribution in [0.1, 0.15) is 35.0 Å². The molecule has 0 saturated carbocycles. The first-order valence-electron chi connectivity index (χ1n) is 9.03. The van der Waals surface area contributed by atoms with E-state index >= 15 is 0 Å². The lowest BCUT2D eigenvalue weighted by Gasteiger charge is -2.31. The van der Waals surface area contributed by atoms with Crippen molar-refractivity contribution in [2.45, 2.75) is 25.9 Å². The number of ether oxygens (including phenoxy) is 1. The molecule has 1 fully saturated rings. The van der Waals surface area contributed by atoms with Gasteiger partial charge < -0.3 is 19.0 Å². The van der Waals surface area contributed by atoms with Crippen molar-refractivity contribution < 1.29 is 13.9 Å². The van der Waals surface area contributed by atoms with Crippen LogP contribution in [0.5, 0.6) is 0 Å². The van der Waals surface area contributed by atoms with E-state index in [1.165, 1.54) is 0 Å². The molecular formula is C20H23N3O3. The lowest BCUT2D eigenvalue weighted by molar-refractivity contribution is 0.0633. The normalized spacial score (nSPS) is 17.7. The molecule has 26 heavy (non-hydrogen) atoms. The number of piperidine rings is 1. The highest BCUT2D eigenvalue weighted by molar-refractivity contribution is 5.91. The van der Waals surface area contributed by atoms with Crippen LogP contribution in [-0.4, -0.2) is 41.0 Å². The maximum absolute atomic E-state index is 12.7. The van der Waals surface area contributed by atoms with Crippen LogP contribution in [0, 0.1) is 5.92 Å². The molecule has 3 aromatic rings. The molecule has 1 saturated heterocycles. The molecule has 2 aromatic heterocycles. The standard InChI is InChI=1S/C20H23N3O3/c1-25-13-15-8-9-18(26-15)20(24)23-10-4-5-14(12-23)11-19-21-16-6-2-3-7-17(16)22-19/h2-3,6-9,14H,4-5,10-13H2,1H3,(H,21,22)/t14-/m0/s1. The average molecular weight is 353 g/mol. The van der Waals surface area contributed by atoms with Gasteiger partial charge in [-0.2, -0.15) is 0 Å². The second-order valence-electron chi connectivity index (χ2n) is 6.86. The number of aromatic amines is 1. The number of likely N-dealkylation sites (tertiary alicyclic amines) is 1. The second-order valence-corrected chi connectivity index (χ2v) is 6.86. The monoisotopic (exact) mass is 353 g/mol. The summed E-state index contributed by atoms with van der Waals surface area (Å²) in [5.74, 6) is 2.42. The number of benzene rings is 1. The molecule has 1 amide bonds. The predicted octanol–water partition coefficient (Wildman–Crippen LogP) is 3.40. The van der Waals surface area contributed by atoms with Gasteiger partial charge in [0.2, 0.25) is 0 Å². The number of rotatable bonds is 5. The van der Waals surface area contributed by atoms with Gasteiger partial charge in [0.1, 0.15) is 18.2 Å². The Morgan fingerprint density at radius 3 is 3.08 bits per heavy atom. The van der Waals surface area contributed by atoms with Gasteiger partial charge in [-0.25, -0.2) is 4.98 Å². The molecule has 1 atom stereocenters. The fourth-order valence-corrected chi connectivity index (χ4v) is 3.66. The van der Waals surface area contributed by atoms with E-state index in [0.717, 1.165) is 49.2 Å². The highest BCUT2D eigenvalue weighted by Gasteiger charge is 2.27. The van der Waals surface area contributed by atoms with Crippen LogP contribution >= 0.6 is 0 Å². The Morgan fingerprint density at radius 2 is 2.23 bits per heavy atom. The SMILES string of the molecule is COCc1ccc(C(=O)N2CCC[C@@H](Cc3nc4ccccc4[nH]3)C2)o1. The van der Waals surface area contributed by atoms with E-state index in [0.29, 0.717) is 24.0 Å². The van der Waals surface area contributed by atoms with Crippen molar-refractivity contribution >= 4 is 16.9 Å². The van der Waals surface area contributed by atoms with E-state index in [-0.39, 0.29) is 5.91 Å². The van der Waals surface area contributed by atoms with Crippen molar-refractivity contribution in [2.75, 3.05) is 20.2 Å². The first kappa shape index (κ1) is 16.8. The highest BCUT2D eigenvalue weighted by atomic mass is 16.5. The summed E-state index contributed by atoms with van der Waals surface area (Å²) in [6.07, 6.45) is 2.96. The fraction of sp³-hybridized carbons (Fsp3) is 0.400. The third-order valence-corrected chi connectivity index (χ3v) is 4.89. The number of para-hydroxylation sites is 2. The largest absolute Gasteiger partial charge is 0.453 e. The van der Waals surface area contributed by atoms with Crippen LogP contribution in [0.2, 0.25) is 0 Å². The number of hydrogen-bond acceptors (Lipinski definition) is 4. The van der Waals surface area contributed by atoms with E-state index in [2.05, 4.69) is 9.97 Å². The molecule has 6 heteroatoms. The molecule has 136 valence electrons. The second kappa shape index (κ2) is 7.33. The topological polar surface area (TPSA) is 71.4 Å². The van der Waals surface area contributed by atoms with Crippen molar-refractivity contribution in [3.05, 3.63) is 53.7 Å². The lowest BCUT2D eigenvalue weighted by atomic mass is 9.94. The van der Waals surface area contributed by atoms with Gasteiger partial charge in [-0.1, -0.05) is 12.1 Å². The van der Waals surface area contributed by atoms with Gasteiger partial charge in [0.25, 0.3) is 5.91 Å². The van der Waals surface area contributed by atoms with Crippen molar-refractivity contribution in [3.63, 3.8) is 0 Å². The van der Waals surface area contributed by atoms with Crippen LogP contribution in [0.4, 0.5) is 0 Å². The minimum absolute atomic E-state index is 0.0401. The smallest absolute Gasteiger partial charge is 0.289 e. The molecule has 6 nitrogen and oxygen atoms in total. The Bertz CT molecular complexity index is 865. The van der Waals surface area contributed by atoms with Gasteiger partial charge in [0, 0.05) is 26.6 Å². The van der Waals surface area contributed by atoms with Crippen LogP contribution in [0.3, 0.4) is 0 Å². The Balaban J connectivity index is 1.42. The van der Waals surface area contributed by atoms with Crippen LogP contribution in [0.25, 0.3) is 11.0 Å². The molecular weight excluding hydrogens is 330 g/mol. The molecule has 0 unspecified atom stereocenters. The van der Waals surface area contributed by atoms with Gasteiger partial charge in [0.15, 0.2) is 5.76 Å². The summed E-state index contributed by atoms with van der Waals surface area (Å²) in [5.41, 5.74) is 2.06. The van der Waals surface area contributed by atoms with Crippen LogP contribution in [0.15, 0.2) is 40.8 Å². The van der Waals surface area contributed by atoms with Gasteiger partial charge in [-0.05, 0) is 43.0 Å². The molecule has 0 spiro atoms. The zero-order chi connectivity index (χ0) is 17.9. The van der Waals surface area contributed by atoms with E-state index in [1.807, 2.05) is 29.2 Å². The fourth-order valence-electron chi connectivity index (χ4n) is 3.66. The zero-order valence-corrected chi connectivity index (χ0v) is 14.9. The number of furan rings is 1. The summed E-state index contributed by atoms with van der Waals surface area (Å²) in [6, 6.07) is 11.6. The molecule has 0 radical (unpaired) electrons. The maximum atomic E-state index is 12.7. The number of aromatic nitrogens is 2. The quantitative estimate of drug-likeness (QED) is 0.763. The number of H-pyrrole nitrogens is 1. The molecule has 1 aromatic carbocycles. The number of hydrogen-bond donors (Lipinski definition) is 1. The first-order valence-corrected chi connectivity index (χ1v) is 9.03. The average Bonchev–Trinajstić information content (AvgIpc) is 3.28. The minimum Gasteiger partial charge on any atom is -0.453 e. The number of nitrogens with one attached hydrogen (secondary N) is 1. The number of amides is 1. The van der Waals surface area contributed by atoms with E-state index < -0.39 is 0 Å². The number of nitrogens with zero attached hydrogens (tertiary/aromatic N) is 2. The molecule has 4 rings (SSSR count). The van der Waals surface area contributed by atoms with Gasteiger partial charge in [-0.15, -0.1) is 0 Å². The van der Waals surface area contributed by atoms with Crippen molar-refractivity contribution in [1.82, 2.24) is 14.9 Å².